The lowest BCUT2D eigenvalue weighted by molar-refractivity contribution is 0.0545. The molecule has 1 aliphatic rings. The molecule has 4 N–H and O–H groups in total. The summed E-state index contributed by atoms with van der Waals surface area (Å²) in [4.78, 5) is 28.5. The molecule has 1 saturated carbocycles. The van der Waals surface area contributed by atoms with E-state index in [2.05, 4.69) is 15.6 Å². The Balaban J connectivity index is 2.71. The molecule has 1 aliphatic carbocycles. The molecule has 0 spiro atoms. The highest BCUT2D eigenvalue weighted by Crippen LogP contribution is 2.28. The third-order valence-electron chi connectivity index (χ3n) is 4.05. The van der Waals surface area contributed by atoms with Gasteiger partial charge in [0, 0.05) is 6.54 Å². The maximum absolute atomic E-state index is 12.0. The fourth-order valence-electron chi connectivity index (χ4n) is 2.78. The minimum Gasteiger partial charge on any atom is -0.444 e. The number of guanidine groups is 1. The van der Waals surface area contributed by atoms with Crippen LogP contribution in [0.3, 0.4) is 0 Å². The van der Waals surface area contributed by atoms with E-state index in [1.807, 2.05) is 0 Å². The van der Waals surface area contributed by atoms with Crippen molar-refractivity contribution < 1.29 is 19.1 Å². The normalized spacial score (nSPS) is 20.4. The molecule has 0 bridgehead atoms. The first-order valence-corrected chi connectivity index (χ1v) is 9.62. The molecule has 0 atom stereocenters. The Labute approximate surface area is 162 Å². The summed E-state index contributed by atoms with van der Waals surface area (Å²) >= 11 is 0. The number of hydrogen-bond acceptors (Lipinski definition) is 6. The highest BCUT2D eigenvalue weighted by atomic mass is 16.6. The molecule has 0 unspecified atom stereocenters. The average Bonchev–Trinajstić information content (AvgIpc) is 2.49. The molecule has 8 heteroatoms. The van der Waals surface area contributed by atoms with Gasteiger partial charge in [-0.1, -0.05) is 0 Å². The summed E-state index contributed by atoms with van der Waals surface area (Å²) in [6.45, 7) is 11.8. The van der Waals surface area contributed by atoms with Gasteiger partial charge in [0.25, 0.3) is 0 Å². The van der Waals surface area contributed by atoms with Crippen LogP contribution in [-0.4, -0.2) is 42.4 Å². The number of carbonyl (C=O) groups excluding carboxylic acids is 2. The van der Waals surface area contributed by atoms with Gasteiger partial charge in [0.1, 0.15) is 11.2 Å². The number of hydrogen-bond donors (Lipinski definition) is 3. The number of aliphatic imine (C=N–C) groups is 1. The molecule has 0 aliphatic heterocycles. The zero-order valence-corrected chi connectivity index (χ0v) is 17.6. The first kappa shape index (κ1) is 23.2. The van der Waals surface area contributed by atoms with Gasteiger partial charge in [-0.05, 0) is 85.6 Å². The first-order chi connectivity index (χ1) is 12.4. The van der Waals surface area contributed by atoms with Crippen molar-refractivity contribution in [1.29, 1.82) is 0 Å². The van der Waals surface area contributed by atoms with Crippen LogP contribution in [0.4, 0.5) is 9.59 Å². The zero-order valence-electron chi connectivity index (χ0n) is 17.6. The molecule has 0 aromatic carbocycles. The lowest BCUT2D eigenvalue weighted by Crippen LogP contribution is -2.47. The Bertz CT molecular complexity index is 495. The molecule has 0 aromatic rings. The molecule has 0 saturated heterocycles. The molecule has 0 heterocycles. The fourth-order valence-corrected chi connectivity index (χ4v) is 2.78. The monoisotopic (exact) mass is 384 g/mol. The van der Waals surface area contributed by atoms with Crippen molar-refractivity contribution in [2.24, 2.45) is 22.6 Å². The number of carbonyl (C=O) groups is 2. The summed E-state index contributed by atoms with van der Waals surface area (Å²) in [7, 11) is 0. The van der Waals surface area contributed by atoms with Crippen molar-refractivity contribution in [3.8, 4) is 0 Å². The Kier molecular flexibility index (Phi) is 8.53. The van der Waals surface area contributed by atoms with Gasteiger partial charge < -0.3 is 15.2 Å². The van der Waals surface area contributed by atoms with Crippen molar-refractivity contribution in [2.45, 2.75) is 78.4 Å². The fraction of sp³-hybridized carbons (Fsp3) is 0.842. The van der Waals surface area contributed by atoms with E-state index in [1.165, 1.54) is 0 Å². The van der Waals surface area contributed by atoms with E-state index < -0.39 is 23.4 Å². The van der Waals surface area contributed by atoms with Crippen LogP contribution in [0.1, 0.15) is 67.2 Å². The number of rotatable bonds is 3. The van der Waals surface area contributed by atoms with Crippen molar-refractivity contribution in [3.05, 3.63) is 0 Å². The van der Waals surface area contributed by atoms with E-state index in [-0.39, 0.29) is 5.96 Å². The largest absolute Gasteiger partial charge is 0.444 e. The standard InChI is InChI=1S/C19H36N4O4/c1-18(2,3)26-16(24)22-15(23-17(25)27-19(4,5)6)21-12-14-9-7-13(11-20)8-10-14/h13-14H,7-12,20H2,1-6H3,(H2,21,22,23,24,25). The Morgan fingerprint density at radius 1 is 0.889 bits per heavy atom. The van der Waals surface area contributed by atoms with Crippen molar-refractivity contribution in [1.82, 2.24) is 10.6 Å². The van der Waals surface area contributed by atoms with E-state index in [0.29, 0.717) is 18.4 Å². The summed E-state index contributed by atoms with van der Waals surface area (Å²) < 4.78 is 10.5. The second-order valence-corrected chi connectivity index (χ2v) is 9.07. The van der Waals surface area contributed by atoms with Crippen LogP contribution < -0.4 is 16.4 Å². The van der Waals surface area contributed by atoms with Crippen LogP contribution in [-0.2, 0) is 9.47 Å². The number of ether oxygens (including phenoxy) is 2. The van der Waals surface area contributed by atoms with E-state index in [1.54, 1.807) is 41.5 Å². The number of nitrogens with one attached hydrogen (secondary N) is 2. The van der Waals surface area contributed by atoms with Gasteiger partial charge in [0.2, 0.25) is 5.96 Å². The van der Waals surface area contributed by atoms with Crippen LogP contribution in [0.15, 0.2) is 4.99 Å². The molecule has 1 fully saturated rings. The minimum atomic E-state index is -0.677. The van der Waals surface area contributed by atoms with Crippen molar-refractivity contribution >= 4 is 18.1 Å². The molecule has 2 amide bonds. The van der Waals surface area contributed by atoms with Crippen LogP contribution in [0.25, 0.3) is 0 Å². The maximum Gasteiger partial charge on any atom is 0.414 e. The third-order valence-corrected chi connectivity index (χ3v) is 4.05. The molecular weight excluding hydrogens is 348 g/mol. The van der Waals surface area contributed by atoms with Crippen LogP contribution >= 0.6 is 0 Å². The molecule has 1 rings (SSSR count). The van der Waals surface area contributed by atoms with E-state index in [0.717, 1.165) is 32.2 Å². The van der Waals surface area contributed by atoms with Gasteiger partial charge in [0.05, 0.1) is 0 Å². The highest BCUT2D eigenvalue weighted by Gasteiger charge is 2.23. The molecule has 27 heavy (non-hydrogen) atoms. The number of nitrogens with two attached hydrogens (primary N) is 1. The molecule has 156 valence electrons. The minimum absolute atomic E-state index is 0.0412. The van der Waals surface area contributed by atoms with Crippen molar-refractivity contribution in [2.75, 3.05) is 13.1 Å². The average molecular weight is 385 g/mol. The Hall–Kier alpha value is -1.83. The second-order valence-electron chi connectivity index (χ2n) is 9.07. The van der Waals surface area contributed by atoms with Crippen LogP contribution in [0, 0.1) is 11.8 Å². The third kappa shape index (κ3) is 10.8. The van der Waals surface area contributed by atoms with Gasteiger partial charge in [-0.25, -0.2) is 9.59 Å². The quantitative estimate of drug-likeness (QED) is 0.511. The smallest absolute Gasteiger partial charge is 0.414 e. The first-order valence-electron chi connectivity index (χ1n) is 9.62. The number of amides is 2. The van der Waals surface area contributed by atoms with E-state index in [4.69, 9.17) is 15.2 Å². The van der Waals surface area contributed by atoms with Gasteiger partial charge in [-0.15, -0.1) is 0 Å². The van der Waals surface area contributed by atoms with Gasteiger partial charge >= 0.3 is 12.2 Å². The molecule has 8 nitrogen and oxygen atoms in total. The summed E-state index contributed by atoms with van der Waals surface area (Å²) in [6, 6.07) is 0. The predicted molar refractivity (Wildman–Crippen MR) is 106 cm³/mol. The summed E-state index contributed by atoms with van der Waals surface area (Å²) in [6.07, 6.45) is 2.90. The lowest BCUT2D eigenvalue weighted by atomic mass is 9.82. The lowest BCUT2D eigenvalue weighted by Gasteiger charge is -2.27. The Morgan fingerprint density at radius 3 is 1.67 bits per heavy atom. The van der Waals surface area contributed by atoms with Crippen LogP contribution in [0.5, 0.6) is 0 Å². The van der Waals surface area contributed by atoms with Crippen molar-refractivity contribution in [3.63, 3.8) is 0 Å². The predicted octanol–water partition coefficient (Wildman–Crippen LogP) is 3.16. The zero-order chi connectivity index (χ0) is 20.7. The van der Waals surface area contributed by atoms with Crippen LogP contribution in [0.2, 0.25) is 0 Å². The van der Waals surface area contributed by atoms with Gasteiger partial charge in [-0.3, -0.25) is 15.6 Å². The molecular formula is C19H36N4O4. The van der Waals surface area contributed by atoms with Gasteiger partial charge in [0.15, 0.2) is 0 Å². The summed E-state index contributed by atoms with van der Waals surface area (Å²) in [5.74, 6) is 1.03. The van der Waals surface area contributed by atoms with Gasteiger partial charge in [-0.2, -0.15) is 0 Å². The summed E-state index contributed by atoms with van der Waals surface area (Å²) in [5, 5.41) is 5.01. The Morgan fingerprint density at radius 2 is 1.30 bits per heavy atom. The highest BCUT2D eigenvalue weighted by molar-refractivity contribution is 6.01. The van der Waals surface area contributed by atoms with E-state index in [9.17, 15) is 9.59 Å². The second kappa shape index (κ2) is 9.92. The SMILES string of the molecule is CC(C)(C)OC(=O)NC(=NCC1CCC(CN)CC1)NC(=O)OC(C)(C)C. The maximum atomic E-state index is 12.0. The molecule has 0 aromatic heterocycles. The number of nitrogens with zero attached hydrogens (tertiary/aromatic N) is 1. The number of alkyl carbamates (subject to hydrolysis) is 2. The topological polar surface area (TPSA) is 115 Å². The summed E-state index contributed by atoms with van der Waals surface area (Å²) in [5.41, 5.74) is 4.43. The molecule has 0 radical (unpaired) electrons. The van der Waals surface area contributed by atoms with E-state index >= 15 is 0 Å².